The Kier molecular flexibility index (Phi) is 3.82. The second-order valence-electron chi connectivity index (χ2n) is 4.99. The quantitative estimate of drug-likeness (QED) is 0.509. The predicted octanol–water partition coefficient (Wildman–Crippen LogP) is 2.49. The number of rotatable bonds is 3. The Morgan fingerprint density at radius 2 is 1.74 bits per heavy atom. The van der Waals surface area contributed by atoms with Crippen LogP contribution in [0.1, 0.15) is 26.3 Å². The summed E-state index contributed by atoms with van der Waals surface area (Å²) in [4.78, 5) is 23.9. The molecule has 0 atom stereocenters. The minimum Gasteiger partial charge on any atom is -0.288 e. The summed E-state index contributed by atoms with van der Waals surface area (Å²) in [7, 11) is -3.36. The Morgan fingerprint density at radius 3 is 2.35 bits per heavy atom. The van der Waals surface area contributed by atoms with Crippen molar-refractivity contribution < 1.29 is 23.9 Å². The lowest BCUT2D eigenvalue weighted by molar-refractivity contribution is 0.0706. The SMILES string of the molecule is O=C(NO)c1ccc(CN2C(=O)c3ccccc3S2(O)O)cc1. The molecule has 2 aromatic carbocycles. The number of hydrogen-bond acceptors (Lipinski definition) is 5. The molecular weight excluding hydrogens is 320 g/mol. The first-order valence-electron chi connectivity index (χ1n) is 6.68. The largest absolute Gasteiger partial charge is 0.288 e. The van der Waals surface area contributed by atoms with Crippen molar-refractivity contribution in [2.24, 2.45) is 0 Å². The number of carbonyl (C=O) groups is 2. The van der Waals surface area contributed by atoms with E-state index < -0.39 is 22.6 Å². The fourth-order valence-electron chi connectivity index (χ4n) is 2.40. The van der Waals surface area contributed by atoms with Crippen LogP contribution in [0, 0.1) is 0 Å². The minimum absolute atomic E-state index is 0.00310. The Balaban J connectivity index is 1.86. The van der Waals surface area contributed by atoms with Gasteiger partial charge in [-0.05, 0) is 29.8 Å². The molecular formula is C15H14N2O5S. The smallest absolute Gasteiger partial charge is 0.274 e. The van der Waals surface area contributed by atoms with Crippen LogP contribution in [0.3, 0.4) is 0 Å². The molecule has 8 heteroatoms. The summed E-state index contributed by atoms with van der Waals surface area (Å²) in [5.74, 6) is -1.09. The van der Waals surface area contributed by atoms with Crippen LogP contribution in [0.15, 0.2) is 53.4 Å². The van der Waals surface area contributed by atoms with Crippen LogP contribution in [0.2, 0.25) is 0 Å². The Bertz CT molecular complexity index is 776. The standard InChI is InChI=1S/C15H14N2O5S/c18-14(16-20)11-7-5-10(6-8-11)9-17-15(19)12-3-1-2-4-13(12)23(17,21)22/h1-8,20-22H,9H2,(H,16,18). The van der Waals surface area contributed by atoms with Gasteiger partial charge >= 0.3 is 0 Å². The van der Waals surface area contributed by atoms with Gasteiger partial charge in [-0.15, -0.1) is 0 Å². The van der Waals surface area contributed by atoms with E-state index in [2.05, 4.69) is 0 Å². The molecule has 2 aromatic rings. The van der Waals surface area contributed by atoms with Crippen molar-refractivity contribution in [1.82, 2.24) is 9.79 Å². The van der Waals surface area contributed by atoms with Crippen molar-refractivity contribution >= 4 is 22.6 Å². The zero-order valence-corrected chi connectivity index (χ0v) is 12.7. The van der Waals surface area contributed by atoms with E-state index in [9.17, 15) is 18.7 Å². The predicted molar refractivity (Wildman–Crippen MR) is 83.1 cm³/mol. The number of carbonyl (C=O) groups excluding carboxylic acids is 2. The zero-order valence-electron chi connectivity index (χ0n) is 11.8. The topological polar surface area (TPSA) is 110 Å². The van der Waals surface area contributed by atoms with Crippen LogP contribution in [0.4, 0.5) is 0 Å². The lowest BCUT2D eigenvalue weighted by Crippen LogP contribution is -2.27. The van der Waals surface area contributed by atoms with E-state index in [1.54, 1.807) is 30.3 Å². The first-order chi connectivity index (χ1) is 10.9. The van der Waals surface area contributed by atoms with Crippen molar-refractivity contribution in [3.8, 4) is 0 Å². The van der Waals surface area contributed by atoms with Gasteiger partial charge in [0.15, 0.2) is 0 Å². The van der Waals surface area contributed by atoms with E-state index in [0.717, 1.165) is 4.31 Å². The number of nitrogens with one attached hydrogen (secondary N) is 1. The van der Waals surface area contributed by atoms with Crippen molar-refractivity contribution in [2.75, 3.05) is 0 Å². The molecule has 120 valence electrons. The summed E-state index contributed by atoms with van der Waals surface area (Å²) in [6, 6.07) is 12.5. The highest BCUT2D eigenvalue weighted by molar-refractivity contribution is 8.23. The van der Waals surface area contributed by atoms with Gasteiger partial charge in [-0.1, -0.05) is 35.0 Å². The number of hydrogen-bond donors (Lipinski definition) is 4. The second-order valence-corrected chi connectivity index (χ2v) is 6.91. The summed E-state index contributed by atoms with van der Waals surface area (Å²) in [6.45, 7) is -0.00310. The third kappa shape index (κ3) is 2.57. The molecule has 0 saturated heterocycles. The summed E-state index contributed by atoms with van der Waals surface area (Å²) < 4.78 is 21.8. The average molecular weight is 334 g/mol. The number of fused-ring (bicyclic) bond motifs is 1. The van der Waals surface area contributed by atoms with Gasteiger partial charge in [0.05, 0.1) is 17.0 Å². The maximum Gasteiger partial charge on any atom is 0.274 e. The van der Waals surface area contributed by atoms with E-state index >= 15 is 0 Å². The minimum atomic E-state index is -3.36. The van der Waals surface area contributed by atoms with Crippen molar-refractivity contribution in [2.45, 2.75) is 11.4 Å². The van der Waals surface area contributed by atoms with Crippen LogP contribution in [0.25, 0.3) is 0 Å². The lowest BCUT2D eigenvalue weighted by Gasteiger charge is -2.36. The van der Waals surface area contributed by atoms with Crippen LogP contribution in [-0.2, 0) is 6.54 Å². The first kappa shape index (κ1) is 15.5. The molecule has 23 heavy (non-hydrogen) atoms. The van der Waals surface area contributed by atoms with Crippen molar-refractivity contribution in [1.29, 1.82) is 0 Å². The van der Waals surface area contributed by atoms with Gasteiger partial charge in [0.25, 0.3) is 11.8 Å². The molecule has 1 aliphatic rings. The molecule has 3 rings (SSSR count). The van der Waals surface area contributed by atoms with Gasteiger partial charge in [-0.2, -0.15) is 0 Å². The number of nitrogens with zero attached hydrogens (tertiary/aromatic N) is 1. The van der Waals surface area contributed by atoms with E-state index in [4.69, 9.17) is 5.21 Å². The summed E-state index contributed by atoms with van der Waals surface area (Å²) >= 11 is 0. The second kappa shape index (κ2) is 5.67. The number of amides is 2. The van der Waals surface area contributed by atoms with E-state index in [1.165, 1.54) is 23.7 Å². The highest BCUT2D eigenvalue weighted by atomic mass is 32.3. The lowest BCUT2D eigenvalue weighted by atomic mass is 10.1. The van der Waals surface area contributed by atoms with Gasteiger partial charge in [0.1, 0.15) is 0 Å². The van der Waals surface area contributed by atoms with Gasteiger partial charge in [-0.3, -0.25) is 23.9 Å². The summed E-state index contributed by atoms with van der Waals surface area (Å²) in [6.07, 6.45) is 0. The van der Waals surface area contributed by atoms with Crippen molar-refractivity contribution in [3.63, 3.8) is 0 Å². The third-order valence-corrected chi connectivity index (χ3v) is 5.45. The van der Waals surface area contributed by atoms with Gasteiger partial charge in [0, 0.05) is 5.56 Å². The van der Waals surface area contributed by atoms with Gasteiger partial charge < -0.3 is 0 Å². The average Bonchev–Trinajstić information content (AvgIpc) is 2.76. The first-order valence-corrected chi connectivity index (χ1v) is 8.18. The fourth-order valence-corrected chi connectivity index (χ4v) is 4.01. The van der Waals surface area contributed by atoms with E-state index in [-0.39, 0.29) is 22.6 Å². The van der Waals surface area contributed by atoms with E-state index in [0.29, 0.717) is 5.56 Å². The highest BCUT2D eigenvalue weighted by Crippen LogP contribution is 2.58. The maximum atomic E-state index is 12.4. The molecule has 0 fully saturated rings. The molecule has 1 heterocycles. The molecule has 0 unspecified atom stereocenters. The van der Waals surface area contributed by atoms with Crippen LogP contribution in [-0.4, -0.2) is 30.4 Å². The molecule has 0 spiro atoms. The van der Waals surface area contributed by atoms with Crippen molar-refractivity contribution in [3.05, 3.63) is 65.2 Å². The van der Waals surface area contributed by atoms with Crippen LogP contribution < -0.4 is 5.48 Å². The Labute approximate surface area is 133 Å². The Morgan fingerprint density at radius 1 is 1.09 bits per heavy atom. The molecule has 0 aliphatic carbocycles. The summed E-state index contributed by atoms with van der Waals surface area (Å²) in [5.41, 5.74) is 2.68. The molecule has 0 saturated carbocycles. The zero-order chi connectivity index (χ0) is 16.6. The molecule has 7 nitrogen and oxygen atoms in total. The summed E-state index contributed by atoms with van der Waals surface area (Å²) in [5, 5.41) is 8.58. The maximum absolute atomic E-state index is 12.4. The molecule has 0 radical (unpaired) electrons. The van der Waals surface area contributed by atoms with Crippen LogP contribution in [0.5, 0.6) is 0 Å². The fraction of sp³-hybridized carbons (Fsp3) is 0.0667. The highest BCUT2D eigenvalue weighted by Gasteiger charge is 2.40. The van der Waals surface area contributed by atoms with Crippen LogP contribution >= 0.6 is 10.8 Å². The normalized spacial score (nSPS) is 16.8. The molecule has 1 aliphatic heterocycles. The third-order valence-electron chi connectivity index (χ3n) is 3.59. The Hall–Kier alpha value is -2.39. The molecule has 0 aromatic heterocycles. The molecule has 4 N–H and O–H groups in total. The number of benzene rings is 2. The molecule has 0 bridgehead atoms. The van der Waals surface area contributed by atoms with Gasteiger partial charge in [-0.25, -0.2) is 9.79 Å². The molecule has 2 amide bonds. The number of hydroxylamine groups is 1. The van der Waals surface area contributed by atoms with Gasteiger partial charge in [0.2, 0.25) is 0 Å². The monoisotopic (exact) mass is 334 g/mol. The van der Waals surface area contributed by atoms with E-state index in [1.807, 2.05) is 0 Å².